The van der Waals surface area contributed by atoms with Crippen molar-refractivity contribution in [2.75, 3.05) is 0 Å². The second kappa shape index (κ2) is 5.62. The van der Waals surface area contributed by atoms with Gasteiger partial charge in [-0.15, -0.1) is 0 Å². The Labute approximate surface area is 137 Å². The van der Waals surface area contributed by atoms with E-state index in [4.69, 9.17) is 0 Å². The van der Waals surface area contributed by atoms with Crippen LogP contribution in [0.1, 0.15) is 21.7 Å². The van der Waals surface area contributed by atoms with E-state index in [0.717, 1.165) is 22.4 Å². The van der Waals surface area contributed by atoms with Gasteiger partial charge in [0.2, 0.25) is 0 Å². The Morgan fingerprint density at radius 3 is 3.12 bits per heavy atom. The Hall–Kier alpha value is -3.48. The Balaban J connectivity index is 1.55. The van der Waals surface area contributed by atoms with Crippen molar-refractivity contribution in [1.29, 1.82) is 0 Å². The van der Waals surface area contributed by atoms with Crippen LogP contribution in [0.3, 0.4) is 0 Å². The second-order valence-electron chi connectivity index (χ2n) is 5.34. The smallest absolute Gasteiger partial charge is 0.270 e. The number of nitrogens with one attached hydrogen (secondary N) is 2. The molecule has 4 heterocycles. The number of H-pyrrole nitrogens is 1. The van der Waals surface area contributed by atoms with Gasteiger partial charge in [-0.25, -0.2) is 4.98 Å². The first kappa shape index (κ1) is 14.1. The molecule has 4 aromatic rings. The molecule has 24 heavy (non-hydrogen) atoms. The molecule has 0 radical (unpaired) electrons. The molecule has 7 nitrogen and oxygen atoms in total. The monoisotopic (exact) mass is 318 g/mol. The minimum atomic E-state index is -0.258. The van der Waals surface area contributed by atoms with Gasteiger partial charge in [0.25, 0.3) is 5.91 Å². The van der Waals surface area contributed by atoms with Crippen molar-refractivity contribution in [2.45, 2.75) is 6.54 Å². The first-order valence-corrected chi connectivity index (χ1v) is 7.41. The molecular formula is C17H14N6O. The van der Waals surface area contributed by atoms with Crippen LogP contribution in [-0.4, -0.2) is 30.5 Å². The van der Waals surface area contributed by atoms with E-state index in [1.807, 2.05) is 28.9 Å². The molecule has 4 rings (SSSR count). The number of pyridine rings is 2. The number of hydrogen-bond acceptors (Lipinski definition) is 4. The Bertz CT molecular complexity index is 1060. The van der Waals surface area contributed by atoms with E-state index >= 15 is 0 Å². The average Bonchev–Trinajstić information content (AvgIpc) is 3.24. The molecule has 118 valence electrons. The number of fused-ring (bicyclic) bond motifs is 2. The summed E-state index contributed by atoms with van der Waals surface area (Å²) in [7, 11) is 0. The van der Waals surface area contributed by atoms with E-state index < -0.39 is 0 Å². The van der Waals surface area contributed by atoms with Gasteiger partial charge in [0, 0.05) is 18.6 Å². The molecule has 0 fully saturated rings. The van der Waals surface area contributed by atoms with Crippen LogP contribution >= 0.6 is 0 Å². The summed E-state index contributed by atoms with van der Waals surface area (Å²) in [6, 6.07) is 5.63. The number of aromatic nitrogens is 5. The molecule has 0 saturated carbocycles. The number of carbonyl (C=O) groups excluding carboxylic acids is 1. The van der Waals surface area contributed by atoms with Crippen molar-refractivity contribution in [3.63, 3.8) is 0 Å². The standard InChI is InChI=1S/C17H14N6O/c1-2-11-3-4-15-21-12(10-23(15)9-11)7-19-17(24)16-13-8-20-22-14(13)5-6-18-16/h2-6,8-10H,1,7H2,(H,19,24)(H,20,22). The Morgan fingerprint density at radius 2 is 2.25 bits per heavy atom. The number of imidazole rings is 1. The maximum absolute atomic E-state index is 12.4. The fourth-order valence-corrected chi connectivity index (χ4v) is 2.57. The van der Waals surface area contributed by atoms with Gasteiger partial charge in [-0.05, 0) is 23.8 Å². The van der Waals surface area contributed by atoms with Crippen molar-refractivity contribution in [3.8, 4) is 0 Å². The summed E-state index contributed by atoms with van der Waals surface area (Å²) in [4.78, 5) is 21.0. The molecule has 2 N–H and O–H groups in total. The molecule has 7 heteroatoms. The summed E-state index contributed by atoms with van der Waals surface area (Å²) in [6.07, 6.45) is 8.77. The molecule has 4 aromatic heterocycles. The largest absolute Gasteiger partial charge is 0.345 e. The topological polar surface area (TPSA) is 88.0 Å². The highest BCUT2D eigenvalue weighted by atomic mass is 16.1. The maximum Gasteiger partial charge on any atom is 0.270 e. The lowest BCUT2D eigenvalue weighted by molar-refractivity contribution is 0.0947. The Kier molecular flexibility index (Phi) is 3.31. The predicted octanol–water partition coefficient (Wildman–Crippen LogP) is 2.18. The molecule has 0 unspecified atom stereocenters. The molecule has 0 aliphatic rings. The Morgan fingerprint density at radius 1 is 1.33 bits per heavy atom. The zero-order valence-electron chi connectivity index (χ0n) is 12.7. The van der Waals surface area contributed by atoms with Crippen molar-refractivity contribution >= 4 is 28.5 Å². The van der Waals surface area contributed by atoms with Gasteiger partial charge in [-0.1, -0.05) is 12.7 Å². The van der Waals surface area contributed by atoms with Gasteiger partial charge in [0.05, 0.1) is 29.3 Å². The maximum atomic E-state index is 12.4. The fourth-order valence-electron chi connectivity index (χ4n) is 2.57. The normalized spacial score (nSPS) is 11.0. The van der Waals surface area contributed by atoms with E-state index in [1.165, 1.54) is 0 Å². The number of amides is 1. The highest BCUT2D eigenvalue weighted by molar-refractivity contribution is 6.04. The number of nitrogens with zero attached hydrogens (tertiary/aromatic N) is 4. The zero-order valence-corrected chi connectivity index (χ0v) is 12.7. The number of rotatable bonds is 4. The van der Waals surface area contributed by atoms with Crippen LogP contribution < -0.4 is 5.32 Å². The lowest BCUT2D eigenvalue weighted by Gasteiger charge is -2.03. The van der Waals surface area contributed by atoms with Crippen LogP contribution in [0.15, 0.2) is 49.6 Å². The highest BCUT2D eigenvalue weighted by Gasteiger charge is 2.13. The van der Waals surface area contributed by atoms with Crippen LogP contribution in [0.25, 0.3) is 22.6 Å². The number of hydrogen-bond donors (Lipinski definition) is 2. The number of aromatic amines is 1. The summed E-state index contributed by atoms with van der Waals surface area (Å²) in [6.45, 7) is 4.07. The van der Waals surface area contributed by atoms with Crippen LogP contribution in [0.4, 0.5) is 0 Å². The average molecular weight is 318 g/mol. The van der Waals surface area contributed by atoms with Gasteiger partial charge in [-0.3, -0.25) is 14.9 Å². The van der Waals surface area contributed by atoms with E-state index in [1.54, 1.807) is 24.5 Å². The summed E-state index contributed by atoms with van der Waals surface area (Å²) in [5, 5.41) is 10.3. The highest BCUT2D eigenvalue weighted by Crippen LogP contribution is 2.13. The van der Waals surface area contributed by atoms with Crippen LogP contribution in [0, 0.1) is 0 Å². The molecule has 0 aromatic carbocycles. The molecule has 0 bridgehead atoms. The third kappa shape index (κ3) is 2.41. The minimum absolute atomic E-state index is 0.258. The molecule has 1 amide bonds. The second-order valence-corrected chi connectivity index (χ2v) is 5.34. The predicted molar refractivity (Wildman–Crippen MR) is 90.3 cm³/mol. The third-order valence-electron chi connectivity index (χ3n) is 3.77. The van der Waals surface area contributed by atoms with Gasteiger partial charge in [0.15, 0.2) is 0 Å². The molecule has 0 aliphatic carbocycles. The summed E-state index contributed by atoms with van der Waals surface area (Å²) < 4.78 is 1.91. The molecular weight excluding hydrogens is 304 g/mol. The minimum Gasteiger partial charge on any atom is -0.345 e. The van der Waals surface area contributed by atoms with Gasteiger partial charge in [-0.2, -0.15) is 5.10 Å². The lowest BCUT2D eigenvalue weighted by Crippen LogP contribution is -2.24. The lowest BCUT2D eigenvalue weighted by atomic mass is 10.2. The first-order valence-electron chi connectivity index (χ1n) is 7.41. The first-order chi connectivity index (χ1) is 11.7. The van der Waals surface area contributed by atoms with Crippen LogP contribution in [0.2, 0.25) is 0 Å². The third-order valence-corrected chi connectivity index (χ3v) is 3.77. The van der Waals surface area contributed by atoms with E-state index in [9.17, 15) is 4.79 Å². The van der Waals surface area contributed by atoms with E-state index in [-0.39, 0.29) is 5.91 Å². The zero-order chi connectivity index (χ0) is 16.5. The quantitative estimate of drug-likeness (QED) is 0.603. The van der Waals surface area contributed by atoms with Gasteiger partial charge in [0.1, 0.15) is 11.3 Å². The van der Waals surface area contributed by atoms with Crippen LogP contribution in [-0.2, 0) is 6.54 Å². The van der Waals surface area contributed by atoms with Crippen LogP contribution in [0.5, 0.6) is 0 Å². The van der Waals surface area contributed by atoms with Gasteiger partial charge < -0.3 is 9.72 Å². The number of carbonyl (C=O) groups is 1. The molecule has 0 atom stereocenters. The van der Waals surface area contributed by atoms with Crippen molar-refractivity contribution in [1.82, 2.24) is 29.9 Å². The summed E-state index contributed by atoms with van der Waals surface area (Å²) >= 11 is 0. The fraction of sp³-hybridized carbons (Fsp3) is 0.0588. The summed E-state index contributed by atoms with van der Waals surface area (Å²) in [5.41, 5.74) is 3.72. The SMILES string of the molecule is C=Cc1ccc2nc(CNC(=O)c3nccc4[nH]ncc34)cn2c1. The van der Waals surface area contributed by atoms with Gasteiger partial charge >= 0.3 is 0 Å². The summed E-state index contributed by atoms with van der Waals surface area (Å²) in [5.74, 6) is -0.258. The van der Waals surface area contributed by atoms with Crippen molar-refractivity contribution in [2.24, 2.45) is 0 Å². The molecule has 0 aliphatic heterocycles. The van der Waals surface area contributed by atoms with E-state index in [0.29, 0.717) is 17.6 Å². The van der Waals surface area contributed by atoms with Crippen molar-refractivity contribution in [3.05, 3.63) is 66.5 Å². The van der Waals surface area contributed by atoms with Crippen molar-refractivity contribution < 1.29 is 4.79 Å². The molecule has 0 saturated heterocycles. The van der Waals surface area contributed by atoms with E-state index in [2.05, 4.69) is 32.1 Å². The molecule has 0 spiro atoms.